The number of β-amino-alcohol motifs (C(OH)–C–C–N with tert-alkyl or cyclic N) is 1. The average Bonchev–Trinajstić information content (AvgIpc) is 2.35. The molecule has 3 N–H and O–H groups in total. The van der Waals surface area contributed by atoms with Crippen molar-refractivity contribution in [3.8, 4) is 21.6 Å². The van der Waals surface area contributed by atoms with E-state index >= 15 is 0 Å². The number of carbonyl (C=O) groups is 5. The van der Waals surface area contributed by atoms with Crippen molar-refractivity contribution in [3.63, 3.8) is 0 Å². The molecular formula is C68H89F3N8O7S. The van der Waals surface area contributed by atoms with Crippen LogP contribution in [-0.2, 0) is 38.3 Å². The molecule has 87 heavy (non-hydrogen) atoms. The third-order valence-electron chi connectivity index (χ3n) is 17.6. The number of hydrogen-bond donors (Lipinski definition) is 3. The maximum atomic E-state index is 14.2. The number of unbranched alkanes of at least 4 members (excludes halogenated alkanes) is 7. The lowest BCUT2D eigenvalue weighted by molar-refractivity contribution is -0.145. The number of halogens is 3. The first-order valence-corrected chi connectivity index (χ1v) is 32.2. The number of benzene rings is 3. The number of likely N-dealkylation sites (tertiary alicyclic amines) is 1. The van der Waals surface area contributed by atoms with Crippen molar-refractivity contribution in [3.05, 3.63) is 123 Å². The van der Waals surface area contributed by atoms with Gasteiger partial charge in [0.05, 0.1) is 50.7 Å². The van der Waals surface area contributed by atoms with Crippen LogP contribution in [0.3, 0.4) is 0 Å². The number of aryl methyl sites for hydroxylation is 2. The molecule has 3 saturated heterocycles. The summed E-state index contributed by atoms with van der Waals surface area (Å²) in [5, 5.41) is 13.4. The molecule has 0 saturated carbocycles. The number of hydrogen-bond acceptors (Lipinski definition) is 13. The zero-order valence-electron chi connectivity index (χ0n) is 51.5. The molecule has 2 amide bonds. The number of nitrogens with one attached hydrogen (secondary N) is 2. The van der Waals surface area contributed by atoms with Gasteiger partial charge in [0, 0.05) is 122 Å². The Labute approximate surface area is 515 Å². The topological polar surface area (TPSA) is 180 Å². The highest BCUT2D eigenvalue weighted by Gasteiger charge is 2.44. The van der Waals surface area contributed by atoms with Crippen LogP contribution in [0, 0.1) is 18.3 Å². The van der Waals surface area contributed by atoms with E-state index in [1.807, 2.05) is 94.9 Å². The summed E-state index contributed by atoms with van der Waals surface area (Å²) in [7, 11) is 2.03. The Kier molecular flexibility index (Phi) is 23.9. The Morgan fingerprint density at radius 1 is 0.736 bits per heavy atom. The Balaban J connectivity index is 0.680. The molecule has 19 heteroatoms. The summed E-state index contributed by atoms with van der Waals surface area (Å²) in [6.07, 6.45) is 6.45. The molecule has 3 atom stereocenters. The van der Waals surface area contributed by atoms with E-state index in [0.717, 1.165) is 155 Å². The quantitative estimate of drug-likeness (QED) is 0.0386. The second kappa shape index (κ2) is 31.2. The normalized spacial score (nSPS) is 17.6. The SMILES string of the molecule is Cc1ncsc1-c1ccc(CCC(=O)[C@@H]2C[C@@H](O)CN2C(=O)[C@@H](CC(=O)CCCCCCCCCC(=O)CCCCN2CCN(Cc3cccc(-c4ccc(N5CCN(C)CC5)c(NC(=O)c5c[nH]c(=O)cc5C(F)(F)F)c4)c3)CC2)C(C)(C)C)cc1. The monoisotopic (exact) mass is 1220 g/mol. The van der Waals surface area contributed by atoms with Crippen molar-refractivity contribution in [2.45, 2.75) is 155 Å². The second-order valence-electron chi connectivity index (χ2n) is 25.4. The van der Waals surface area contributed by atoms with Gasteiger partial charge in [0.2, 0.25) is 11.5 Å². The number of carbonyl (C=O) groups excluding carboxylic acids is 5. The van der Waals surface area contributed by atoms with Gasteiger partial charge < -0.3 is 35.0 Å². The number of rotatable bonds is 29. The van der Waals surface area contributed by atoms with Gasteiger partial charge in [0.1, 0.15) is 11.6 Å². The Morgan fingerprint density at radius 3 is 2.02 bits per heavy atom. The smallest absolute Gasteiger partial charge is 0.391 e. The summed E-state index contributed by atoms with van der Waals surface area (Å²) < 4.78 is 41.9. The second-order valence-corrected chi connectivity index (χ2v) is 26.2. The molecule has 2 aromatic heterocycles. The maximum Gasteiger partial charge on any atom is 0.417 e. The molecule has 3 fully saturated rings. The fourth-order valence-corrected chi connectivity index (χ4v) is 13.1. The Bertz CT molecular complexity index is 3180. The summed E-state index contributed by atoms with van der Waals surface area (Å²) >= 11 is 1.60. The summed E-state index contributed by atoms with van der Waals surface area (Å²) in [4.78, 5) is 97.7. The lowest BCUT2D eigenvalue weighted by atomic mass is 9.76. The van der Waals surface area contributed by atoms with E-state index in [2.05, 4.69) is 47.0 Å². The van der Waals surface area contributed by atoms with Crippen molar-refractivity contribution < 1.29 is 42.3 Å². The van der Waals surface area contributed by atoms with E-state index in [0.29, 0.717) is 62.0 Å². The molecule has 3 aliphatic heterocycles. The first-order valence-electron chi connectivity index (χ1n) is 31.4. The Morgan fingerprint density at radius 2 is 1.37 bits per heavy atom. The summed E-state index contributed by atoms with van der Waals surface area (Å²) in [5.41, 5.74) is 5.46. The number of aromatic amines is 1. The van der Waals surface area contributed by atoms with Crippen LogP contribution in [0.1, 0.15) is 150 Å². The number of alkyl halides is 3. The molecule has 0 aliphatic carbocycles. The van der Waals surface area contributed by atoms with Crippen LogP contribution in [0.5, 0.6) is 0 Å². The van der Waals surface area contributed by atoms with Crippen molar-refractivity contribution in [1.82, 2.24) is 29.6 Å². The standard InChI is InChI=1S/C68H89F3N8O7S/c1-47-64(87-46-73-47)50-24-21-48(22-25-50)23-28-62(83)61-41-55(82)45-79(61)66(86)58(67(2,3)4)40-54(81)20-12-10-8-6-7-9-11-18-53(80)19-13-14-29-76-32-34-77(35-33-76)44-49-16-15-17-51(38-49)52-26-27-60(78-36-30-75(5)31-37-78)59(39-52)74-65(85)56-43-72-63(84)42-57(56)68(69,70)71/h15-17,21-22,24-27,38-39,42-43,46,55,58,61,82H,6-14,18-20,23,28-37,40-41,44-45H2,1-5H3,(H,72,84)(H,74,85)/t55-,58-,61+/m1/s1. The maximum absolute atomic E-state index is 14.2. The van der Waals surface area contributed by atoms with Gasteiger partial charge in [-0.15, -0.1) is 11.3 Å². The molecule has 0 radical (unpaired) electrons. The van der Waals surface area contributed by atoms with Crippen LogP contribution in [-0.4, -0.2) is 148 Å². The summed E-state index contributed by atoms with van der Waals surface area (Å²) in [6.45, 7) is 16.3. The van der Waals surface area contributed by atoms with Crippen molar-refractivity contribution in [1.29, 1.82) is 0 Å². The lowest BCUT2D eigenvalue weighted by Crippen LogP contribution is -2.47. The first-order chi connectivity index (χ1) is 41.6. The minimum absolute atomic E-state index is 0.0526. The molecule has 470 valence electrons. The molecule has 5 heterocycles. The largest absolute Gasteiger partial charge is 0.417 e. The molecule has 3 aromatic carbocycles. The number of thiazole rings is 1. The van der Waals surface area contributed by atoms with Crippen LogP contribution in [0.25, 0.3) is 21.6 Å². The van der Waals surface area contributed by atoms with Crippen molar-refractivity contribution in [2.75, 3.05) is 82.7 Å². The van der Waals surface area contributed by atoms with E-state index < -0.39 is 52.2 Å². The molecule has 8 rings (SSSR count). The van der Waals surface area contributed by atoms with Gasteiger partial charge in [-0.05, 0) is 104 Å². The molecular weight excluding hydrogens is 1130 g/mol. The van der Waals surface area contributed by atoms with Crippen LogP contribution in [0.2, 0.25) is 0 Å². The van der Waals surface area contributed by atoms with E-state index in [1.165, 1.54) is 0 Å². The number of Topliss-reactive ketones (excluding diaryl/α,β-unsaturated/α-hetero) is 3. The minimum atomic E-state index is -4.90. The van der Waals surface area contributed by atoms with Gasteiger partial charge >= 0.3 is 6.18 Å². The zero-order chi connectivity index (χ0) is 62.3. The average molecular weight is 1220 g/mol. The third-order valence-corrected chi connectivity index (χ3v) is 18.6. The number of anilines is 2. The van der Waals surface area contributed by atoms with Crippen LogP contribution in [0.15, 0.2) is 89.3 Å². The van der Waals surface area contributed by atoms with E-state index in [4.69, 9.17) is 0 Å². The fraction of sp³-hybridized carbons (Fsp3) is 0.544. The number of aliphatic hydroxyl groups is 1. The summed E-state index contributed by atoms with van der Waals surface area (Å²) in [6, 6.07) is 21.8. The minimum Gasteiger partial charge on any atom is -0.391 e. The molecule has 3 aliphatic rings. The highest BCUT2D eigenvalue weighted by Crippen LogP contribution is 2.37. The van der Waals surface area contributed by atoms with Gasteiger partial charge in [-0.1, -0.05) is 101 Å². The number of ketones is 3. The number of aromatic nitrogens is 2. The molecule has 0 unspecified atom stereocenters. The van der Waals surface area contributed by atoms with Gasteiger partial charge in [-0.25, -0.2) is 4.98 Å². The van der Waals surface area contributed by atoms with Crippen molar-refractivity contribution in [2.24, 2.45) is 11.3 Å². The zero-order valence-corrected chi connectivity index (χ0v) is 52.3. The predicted molar refractivity (Wildman–Crippen MR) is 338 cm³/mol. The molecule has 15 nitrogen and oxygen atoms in total. The lowest BCUT2D eigenvalue weighted by Gasteiger charge is -2.35. The number of pyridine rings is 1. The molecule has 0 bridgehead atoms. The van der Waals surface area contributed by atoms with E-state index in [-0.39, 0.29) is 43.3 Å². The van der Waals surface area contributed by atoms with Crippen LogP contribution >= 0.6 is 11.3 Å². The van der Waals surface area contributed by atoms with E-state index in [1.54, 1.807) is 16.2 Å². The number of H-pyrrole nitrogens is 1. The molecule has 5 aromatic rings. The highest BCUT2D eigenvalue weighted by molar-refractivity contribution is 7.13. The summed E-state index contributed by atoms with van der Waals surface area (Å²) in [5.74, 6) is -1.47. The number of aliphatic hydroxyl groups excluding tert-OH is 1. The van der Waals surface area contributed by atoms with Gasteiger partial charge in [0.25, 0.3) is 5.91 Å². The highest BCUT2D eigenvalue weighted by atomic mass is 32.1. The van der Waals surface area contributed by atoms with Gasteiger partial charge in [-0.3, -0.25) is 33.7 Å². The third kappa shape index (κ3) is 19.3. The van der Waals surface area contributed by atoms with Crippen LogP contribution < -0.4 is 15.8 Å². The number of piperazine rings is 2. The van der Waals surface area contributed by atoms with Gasteiger partial charge in [-0.2, -0.15) is 13.2 Å². The van der Waals surface area contributed by atoms with Gasteiger partial charge in [0.15, 0.2) is 5.78 Å². The first kappa shape index (κ1) is 66.6. The van der Waals surface area contributed by atoms with Crippen LogP contribution in [0.4, 0.5) is 24.5 Å². The van der Waals surface area contributed by atoms with E-state index in [9.17, 15) is 47.0 Å². The number of likely N-dealkylation sites (N-methyl/N-ethyl adjacent to an activating group) is 1. The predicted octanol–water partition coefficient (Wildman–Crippen LogP) is 11.6. The molecule has 0 spiro atoms. The number of nitrogens with zero attached hydrogens (tertiary/aromatic N) is 6. The fourth-order valence-electron chi connectivity index (χ4n) is 12.3. The Hall–Kier alpha value is -6.38. The number of amides is 2. The van der Waals surface area contributed by atoms with Crippen molar-refractivity contribution >= 4 is 51.9 Å².